The summed E-state index contributed by atoms with van der Waals surface area (Å²) in [5.74, 6) is -2.98. The second-order valence-electron chi connectivity index (χ2n) is 18.7. The van der Waals surface area contributed by atoms with Crippen molar-refractivity contribution in [2.24, 2.45) is 0 Å². The molecule has 0 aliphatic rings. The van der Waals surface area contributed by atoms with Crippen molar-refractivity contribution in [2.45, 2.75) is 129 Å². The van der Waals surface area contributed by atoms with Crippen molar-refractivity contribution in [1.82, 2.24) is 10.2 Å². The molecular formula is C51H64N2O12. The molecule has 0 aromatic heterocycles. The Morgan fingerprint density at radius 3 is 1.28 bits per heavy atom. The molecule has 0 saturated heterocycles. The summed E-state index contributed by atoms with van der Waals surface area (Å²) in [5.41, 5.74) is 1.62. The zero-order valence-electron chi connectivity index (χ0n) is 39.3. The van der Waals surface area contributed by atoms with Gasteiger partial charge in [0.05, 0.1) is 10.8 Å². The van der Waals surface area contributed by atoms with Gasteiger partial charge in [-0.3, -0.25) is 14.5 Å². The lowest BCUT2D eigenvalue weighted by atomic mass is 9.84. The van der Waals surface area contributed by atoms with Crippen molar-refractivity contribution in [1.29, 1.82) is 0 Å². The summed E-state index contributed by atoms with van der Waals surface area (Å²) in [5, 5.41) is 21.6. The molecule has 0 bridgehead atoms. The topological polar surface area (TPSA) is 195 Å². The number of hydrogen-bond acceptors (Lipinski definition) is 10. The predicted molar refractivity (Wildman–Crippen MR) is 245 cm³/mol. The minimum atomic E-state index is -1.17. The van der Waals surface area contributed by atoms with E-state index in [0.29, 0.717) is 11.1 Å². The summed E-state index contributed by atoms with van der Waals surface area (Å²) in [6, 6.07) is 30.2. The molecule has 14 nitrogen and oxygen atoms in total. The quantitative estimate of drug-likeness (QED) is 0.0716. The highest BCUT2D eigenvalue weighted by molar-refractivity contribution is 5.84. The molecule has 0 radical (unpaired) electrons. The van der Waals surface area contributed by atoms with E-state index in [1.165, 1.54) is 7.05 Å². The van der Waals surface area contributed by atoms with Crippen LogP contribution in [0.2, 0.25) is 0 Å². The molecule has 350 valence electrons. The van der Waals surface area contributed by atoms with Crippen LogP contribution in [0.3, 0.4) is 0 Å². The number of carboxylic acids is 2. The normalized spacial score (nSPS) is 12.5. The fourth-order valence-electron chi connectivity index (χ4n) is 6.07. The lowest BCUT2D eigenvalue weighted by molar-refractivity contribution is -0.161. The lowest BCUT2D eigenvalue weighted by Crippen LogP contribution is -2.44. The number of likely N-dealkylation sites (N-methyl/N-ethyl adjacent to an activating group) is 1. The standard InChI is InChI=1S/C26H33NO6.C25H31NO6/c1-25(2,3)33-23(30)26(4,5)20-14-12-18(13-15-20)16-21(22(28)29)27(6)24(31)32-17-19-10-8-7-9-11-19;1-24(2,3)32-22(29)25(4,5)19-13-11-17(12-14-19)15-20(21(27)28)26-23(30)31-16-18-9-7-6-8-10-18/h7-15,21H,16-17H2,1-6H3,(H,28,29);6-14,20H,15-16H2,1-5H3,(H,26,30)(H,27,28)/t21-;20-/m11/s1. The minimum absolute atomic E-state index is 0.0491. The Labute approximate surface area is 382 Å². The Morgan fingerprint density at radius 1 is 0.523 bits per heavy atom. The smallest absolute Gasteiger partial charge is 0.410 e. The van der Waals surface area contributed by atoms with Crippen molar-refractivity contribution < 1.29 is 57.9 Å². The largest absolute Gasteiger partial charge is 0.480 e. The van der Waals surface area contributed by atoms with E-state index in [4.69, 9.17) is 18.9 Å². The summed E-state index contributed by atoms with van der Waals surface area (Å²) in [6.45, 7) is 18.1. The minimum Gasteiger partial charge on any atom is -0.480 e. The number of aliphatic carboxylic acids is 2. The third-order valence-corrected chi connectivity index (χ3v) is 10.1. The van der Waals surface area contributed by atoms with Gasteiger partial charge in [-0.05, 0) is 103 Å². The van der Waals surface area contributed by atoms with Crippen molar-refractivity contribution in [3.05, 3.63) is 143 Å². The maximum Gasteiger partial charge on any atom is 0.410 e. The van der Waals surface area contributed by atoms with Gasteiger partial charge < -0.3 is 34.5 Å². The highest BCUT2D eigenvalue weighted by Gasteiger charge is 2.36. The molecule has 65 heavy (non-hydrogen) atoms. The van der Waals surface area contributed by atoms with Crippen LogP contribution in [0, 0.1) is 0 Å². The van der Waals surface area contributed by atoms with Crippen LogP contribution in [-0.4, -0.2) is 81.5 Å². The Balaban J connectivity index is 0.000000345. The number of nitrogens with zero attached hydrogens (tertiary/aromatic N) is 1. The van der Waals surface area contributed by atoms with Crippen LogP contribution in [0.5, 0.6) is 0 Å². The van der Waals surface area contributed by atoms with E-state index in [2.05, 4.69) is 5.32 Å². The first kappa shape index (κ1) is 52.6. The fraction of sp³-hybridized carbons (Fsp3) is 0.412. The molecule has 0 heterocycles. The first-order chi connectivity index (χ1) is 30.2. The predicted octanol–water partition coefficient (Wildman–Crippen LogP) is 8.80. The number of carboxylic acid groups (broad SMARTS) is 2. The summed E-state index contributed by atoms with van der Waals surface area (Å²) >= 11 is 0. The van der Waals surface area contributed by atoms with E-state index >= 15 is 0 Å². The molecule has 0 aliphatic carbocycles. The summed E-state index contributed by atoms with van der Waals surface area (Å²) < 4.78 is 21.4. The fourth-order valence-corrected chi connectivity index (χ4v) is 6.07. The first-order valence-electron chi connectivity index (χ1n) is 21.2. The van der Waals surface area contributed by atoms with Gasteiger partial charge in [-0.25, -0.2) is 19.2 Å². The van der Waals surface area contributed by atoms with Crippen molar-refractivity contribution >= 4 is 36.1 Å². The highest BCUT2D eigenvalue weighted by atomic mass is 16.6. The Morgan fingerprint density at radius 2 is 0.908 bits per heavy atom. The molecule has 14 heteroatoms. The number of rotatable bonds is 16. The molecule has 0 fully saturated rings. The van der Waals surface area contributed by atoms with Crippen molar-refractivity contribution in [3.63, 3.8) is 0 Å². The van der Waals surface area contributed by atoms with E-state index in [9.17, 15) is 39.0 Å². The van der Waals surface area contributed by atoms with Gasteiger partial charge >= 0.3 is 36.1 Å². The third-order valence-electron chi connectivity index (χ3n) is 10.1. The van der Waals surface area contributed by atoms with E-state index in [-0.39, 0.29) is 38.0 Å². The van der Waals surface area contributed by atoms with E-state index in [1.54, 1.807) is 76.2 Å². The van der Waals surface area contributed by atoms with Crippen molar-refractivity contribution in [2.75, 3.05) is 7.05 Å². The van der Waals surface area contributed by atoms with Crippen molar-refractivity contribution in [3.8, 4) is 0 Å². The number of hydrogen-bond donors (Lipinski definition) is 3. The van der Waals surface area contributed by atoms with Gasteiger partial charge in [-0.2, -0.15) is 0 Å². The number of esters is 2. The number of ether oxygens (including phenoxy) is 4. The van der Waals surface area contributed by atoms with Gasteiger partial charge in [0.1, 0.15) is 36.5 Å². The molecule has 4 rings (SSSR count). The first-order valence-corrected chi connectivity index (χ1v) is 21.2. The number of carbonyl (C=O) groups is 6. The van der Waals surface area contributed by atoms with Gasteiger partial charge in [0.15, 0.2) is 0 Å². The maximum atomic E-state index is 12.6. The number of amides is 2. The zero-order chi connectivity index (χ0) is 48.8. The van der Waals surface area contributed by atoms with Crippen LogP contribution in [0.1, 0.15) is 103 Å². The third kappa shape index (κ3) is 17.1. The lowest BCUT2D eigenvalue weighted by Gasteiger charge is -2.29. The molecular weight excluding hydrogens is 833 g/mol. The molecule has 0 unspecified atom stereocenters. The number of nitrogens with one attached hydrogen (secondary N) is 1. The van der Waals surface area contributed by atoms with E-state index < -0.39 is 58.2 Å². The summed E-state index contributed by atoms with van der Waals surface area (Å²) in [7, 11) is 1.41. The van der Waals surface area contributed by atoms with Crippen LogP contribution in [0.25, 0.3) is 0 Å². The Bertz CT molecular complexity index is 2210. The zero-order valence-corrected chi connectivity index (χ0v) is 39.3. The van der Waals surface area contributed by atoms with Gasteiger partial charge in [-0.1, -0.05) is 109 Å². The van der Waals surface area contributed by atoms with Crippen LogP contribution in [0.15, 0.2) is 109 Å². The van der Waals surface area contributed by atoms with Crippen LogP contribution >= 0.6 is 0 Å². The van der Waals surface area contributed by atoms with Crippen LogP contribution < -0.4 is 5.32 Å². The van der Waals surface area contributed by atoms with Gasteiger partial charge in [0, 0.05) is 19.9 Å². The molecule has 3 N–H and O–H groups in total. The monoisotopic (exact) mass is 896 g/mol. The molecule has 0 saturated carbocycles. The Kier molecular flexibility index (Phi) is 18.4. The number of benzene rings is 4. The average molecular weight is 897 g/mol. The van der Waals surface area contributed by atoms with E-state index in [1.807, 2.05) is 102 Å². The maximum absolute atomic E-state index is 12.6. The SMILES string of the molecule is CC(C)(C)OC(=O)C(C)(C)c1ccc(C[C@@H](NC(=O)OCc2ccccc2)C(=O)O)cc1.CN(C(=O)OCc1ccccc1)[C@H](Cc1ccc(C(C)(C)C(=O)OC(C)(C)C)cc1)C(=O)O. The molecule has 4 aromatic rings. The van der Waals surface area contributed by atoms with Crippen LogP contribution in [0.4, 0.5) is 9.59 Å². The summed E-state index contributed by atoms with van der Waals surface area (Å²) in [6.07, 6.45) is -1.35. The molecule has 0 spiro atoms. The summed E-state index contributed by atoms with van der Waals surface area (Å²) in [4.78, 5) is 74.2. The average Bonchev–Trinajstić information content (AvgIpc) is 3.23. The highest BCUT2D eigenvalue weighted by Crippen LogP contribution is 2.29. The molecule has 0 aliphatic heterocycles. The van der Waals surface area contributed by atoms with Gasteiger partial charge in [0.2, 0.25) is 0 Å². The van der Waals surface area contributed by atoms with Crippen LogP contribution in [-0.2, 0) is 75.0 Å². The Hall–Kier alpha value is -6.70. The molecule has 2 atom stereocenters. The second-order valence-corrected chi connectivity index (χ2v) is 18.7. The molecule has 4 aromatic carbocycles. The second kappa shape index (κ2) is 22.8. The molecule has 2 amide bonds. The van der Waals surface area contributed by atoms with E-state index in [0.717, 1.165) is 27.2 Å². The van der Waals surface area contributed by atoms with Gasteiger partial charge in [-0.15, -0.1) is 0 Å². The van der Waals surface area contributed by atoms with Gasteiger partial charge in [0.25, 0.3) is 0 Å². The number of carbonyl (C=O) groups excluding carboxylic acids is 4. The number of alkyl carbamates (subject to hydrolysis) is 1.